The van der Waals surface area contributed by atoms with Crippen LogP contribution in [0.25, 0.3) is 16.6 Å². The monoisotopic (exact) mass is 394 g/mol. The molecule has 3 nitrogen and oxygen atoms in total. The lowest BCUT2D eigenvalue weighted by Gasteiger charge is -2.21. The van der Waals surface area contributed by atoms with Gasteiger partial charge in [-0.05, 0) is 50.1 Å². The Balaban J connectivity index is 2.02. The molecule has 0 bridgehead atoms. The summed E-state index contributed by atoms with van der Waals surface area (Å²) in [5, 5.41) is -1.98. The molecule has 2 heterocycles. The van der Waals surface area contributed by atoms with Crippen LogP contribution in [0.4, 0.5) is 4.39 Å². The van der Waals surface area contributed by atoms with Crippen molar-refractivity contribution < 1.29 is 9.13 Å². The number of hydrogen-bond acceptors (Lipinski definition) is 2. The van der Waals surface area contributed by atoms with Gasteiger partial charge in [0.2, 0.25) is 0 Å². The Kier molecular flexibility index (Phi) is 4.93. The predicted octanol–water partition coefficient (Wildman–Crippen LogP) is 5.13. The lowest BCUT2D eigenvalue weighted by Crippen LogP contribution is -2.14. The van der Waals surface area contributed by atoms with Gasteiger partial charge in [0.25, 0.3) is 0 Å². The molecule has 0 N–H and O–H groups in total. The molecule has 4 unspecified atom stereocenters. The Bertz CT molecular complexity index is 909. The van der Waals surface area contributed by atoms with Crippen LogP contribution in [0.3, 0.4) is 0 Å². The van der Waals surface area contributed by atoms with Gasteiger partial charge in [0, 0.05) is 6.20 Å². The summed E-state index contributed by atoms with van der Waals surface area (Å²) in [6.45, 7) is 5.33. The van der Waals surface area contributed by atoms with Crippen LogP contribution in [-0.4, -0.2) is 14.5 Å². The van der Waals surface area contributed by atoms with Gasteiger partial charge in [0.15, 0.2) is 11.2 Å². The van der Waals surface area contributed by atoms with Crippen molar-refractivity contribution in [2.24, 2.45) is 0 Å². The maximum Gasteiger partial charge on any atom is 0.178 e. The van der Waals surface area contributed by atoms with E-state index >= 15 is 0 Å². The number of aryl methyl sites for hydroxylation is 1. The van der Waals surface area contributed by atoms with Crippen LogP contribution in [-0.2, 0) is 5.41 Å². The zero-order valence-electron chi connectivity index (χ0n) is 14.5. The van der Waals surface area contributed by atoms with E-state index in [4.69, 9.17) is 4.74 Å². The van der Waals surface area contributed by atoms with E-state index in [1.165, 1.54) is 6.92 Å². The number of nitrogens with zero attached hydrogens (tertiary/aromatic N) is 2. The van der Waals surface area contributed by atoms with Crippen molar-refractivity contribution in [3.8, 4) is 16.9 Å². The van der Waals surface area contributed by atoms with E-state index in [9.17, 15) is 4.39 Å². The van der Waals surface area contributed by atoms with Crippen molar-refractivity contribution in [3.05, 3.63) is 54.1 Å². The Morgan fingerprint density at radius 3 is 2.16 bits per heavy atom. The summed E-state index contributed by atoms with van der Waals surface area (Å²) >= 11 is 0. The third-order valence-corrected chi connectivity index (χ3v) is 4.28. The summed E-state index contributed by atoms with van der Waals surface area (Å²) in [5.41, 5.74) is 3.75. The number of fused-ring (bicyclic) bond motifs is 1. The SMILES string of the molecule is Cc1nc(C(C)(F)P)n2cc(-c3ccc(OC(C)(P)P)cc3)ccc12. The zero-order valence-corrected chi connectivity index (χ0v) is 17.9. The zero-order chi connectivity index (χ0) is 18.4. The van der Waals surface area contributed by atoms with E-state index in [1.54, 1.807) is 0 Å². The Morgan fingerprint density at radius 1 is 1.00 bits per heavy atom. The van der Waals surface area contributed by atoms with Crippen molar-refractivity contribution >= 4 is 33.2 Å². The molecule has 0 spiro atoms. The number of aromatic nitrogens is 2. The van der Waals surface area contributed by atoms with Crippen molar-refractivity contribution in [1.82, 2.24) is 9.38 Å². The second-order valence-corrected chi connectivity index (χ2v) is 10.6. The molecule has 2 aromatic heterocycles. The van der Waals surface area contributed by atoms with Crippen LogP contribution in [0.2, 0.25) is 0 Å². The van der Waals surface area contributed by atoms with Crippen molar-refractivity contribution in [2.45, 2.75) is 31.3 Å². The normalized spacial score (nSPS) is 14.5. The molecule has 25 heavy (non-hydrogen) atoms. The fraction of sp³-hybridized carbons (Fsp3) is 0.278. The molecule has 0 aliphatic heterocycles. The molecular formula is C18H22FN2OP3. The van der Waals surface area contributed by atoms with Crippen molar-refractivity contribution in [1.29, 1.82) is 0 Å². The summed E-state index contributed by atoms with van der Waals surface area (Å²) in [7, 11) is 7.47. The van der Waals surface area contributed by atoms with Crippen molar-refractivity contribution in [3.63, 3.8) is 0 Å². The minimum atomic E-state index is -1.59. The van der Waals surface area contributed by atoms with Crippen molar-refractivity contribution in [2.75, 3.05) is 0 Å². The first kappa shape index (κ1) is 18.7. The lowest BCUT2D eigenvalue weighted by atomic mass is 10.1. The van der Waals surface area contributed by atoms with Gasteiger partial charge >= 0.3 is 0 Å². The minimum Gasteiger partial charge on any atom is -0.480 e. The second-order valence-electron chi connectivity index (χ2n) is 6.58. The van der Waals surface area contributed by atoms with Crippen LogP contribution >= 0.6 is 27.7 Å². The van der Waals surface area contributed by atoms with E-state index in [-0.39, 0.29) is 0 Å². The molecule has 3 aromatic rings. The van der Waals surface area contributed by atoms with Gasteiger partial charge in [-0.2, -0.15) is 0 Å². The smallest absolute Gasteiger partial charge is 0.178 e. The third kappa shape index (κ3) is 4.20. The van der Waals surface area contributed by atoms with Gasteiger partial charge in [0.1, 0.15) is 10.8 Å². The molecule has 1 aromatic carbocycles. The Hall–Kier alpha value is -1.07. The molecule has 132 valence electrons. The highest BCUT2D eigenvalue weighted by molar-refractivity contribution is 7.39. The molecule has 3 rings (SSSR count). The highest BCUT2D eigenvalue weighted by atomic mass is 31.1. The van der Waals surface area contributed by atoms with Crippen LogP contribution in [0.1, 0.15) is 25.4 Å². The molecule has 4 atom stereocenters. The molecule has 0 radical (unpaired) electrons. The summed E-state index contributed by atoms with van der Waals surface area (Å²) in [6, 6.07) is 11.9. The second kappa shape index (κ2) is 6.58. The van der Waals surface area contributed by atoms with Crippen LogP contribution < -0.4 is 4.74 Å². The number of hydrogen-bond donors (Lipinski definition) is 0. The molecular weight excluding hydrogens is 372 g/mol. The predicted molar refractivity (Wildman–Crippen MR) is 112 cm³/mol. The largest absolute Gasteiger partial charge is 0.480 e. The van der Waals surface area contributed by atoms with Crippen LogP contribution in [0, 0.1) is 6.92 Å². The lowest BCUT2D eigenvalue weighted by molar-refractivity contribution is 0.275. The highest BCUT2D eigenvalue weighted by Gasteiger charge is 2.26. The Morgan fingerprint density at radius 2 is 1.60 bits per heavy atom. The first-order valence-corrected chi connectivity index (χ1v) is 9.62. The molecule has 0 saturated heterocycles. The molecule has 0 fully saturated rings. The summed E-state index contributed by atoms with van der Waals surface area (Å²) in [6.07, 6.45) is 1.93. The molecule has 0 amide bonds. The quantitative estimate of drug-likeness (QED) is 0.574. The van der Waals surface area contributed by atoms with Gasteiger partial charge < -0.3 is 4.74 Å². The third-order valence-electron chi connectivity index (χ3n) is 3.78. The summed E-state index contributed by atoms with van der Waals surface area (Å²) in [4.78, 5) is 4.39. The van der Waals surface area contributed by atoms with Crippen LogP contribution in [0.15, 0.2) is 42.6 Å². The van der Waals surface area contributed by atoms with Gasteiger partial charge in [-0.1, -0.05) is 45.9 Å². The Labute approximate surface area is 154 Å². The number of rotatable bonds is 4. The summed E-state index contributed by atoms with van der Waals surface area (Å²) in [5.74, 6) is 1.17. The average molecular weight is 394 g/mol. The molecule has 7 heteroatoms. The standard InChI is InChI=1S/C18H22FN2OP3/c1-11-15-9-6-13(10-21(15)16(20-11)17(2,19)23)12-4-7-14(8-5-12)22-18(3,24)25/h4-10H,23-25H2,1-3H3. The molecule has 0 aliphatic rings. The fourth-order valence-corrected chi connectivity index (χ4v) is 3.20. The number of halogens is 1. The maximum atomic E-state index is 14.5. The number of ether oxygens (including phenoxy) is 1. The number of alkyl halides is 1. The number of pyridine rings is 1. The van der Waals surface area contributed by atoms with Gasteiger partial charge in [-0.25, -0.2) is 9.37 Å². The topological polar surface area (TPSA) is 26.5 Å². The molecule has 0 saturated carbocycles. The van der Waals surface area contributed by atoms with Gasteiger partial charge in [-0.15, -0.1) is 0 Å². The number of benzene rings is 1. The molecule has 0 aliphatic carbocycles. The first-order valence-electron chi connectivity index (χ1n) is 7.89. The number of imidazole rings is 1. The fourth-order valence-electron chi connectivity index (χ4n) is 2.73. The average Bonchev–Trinajstić information content (AvgIpc) is 2.83. The van der Waals surface area contributed by atoms with E-state index in [0.717, 1.165) is 28.1 Å². The van der Waals surface area contributed by atoms with Gasteiger partial charge in [0.05, 0.1) is 11.2 Å². The van der Waals surface area contributed by atoms with E-state index in [0.29, 0.717) is 5.82 Å². The first-order chi connectivity index (χ1) is 11.5. The van der Waals surface area contributed by atoms with E-state index in [1.807, 2.05) is 60.8 Å². The highest BCUT2D eigenvalue weighted by Crippen LogP contribution is 2.35. The van der Waals surface area contributed by atoms with Gasteiger partial charge in [-0.3, -0.25) is 4.40 Å². The summed E-state index contributed by atoms with van der Waals surface area (Å²) < 4.78 is 22.1. The minimum absolute atomic E-state index is 0.383. The van der Waals surface area contributed by atoms with E-state index < -0.39 is 10.5 Å². The van der Waals surface area contributed by atoms with E-state index in [2.05, 4.69) is 32.7 Å². The maximum absolute atomic E-state index is 14.5. The van der Waals surface area contributed by atoms with Crippen LogP contribution in [0.5, 0.6) is 5.75 Å².